The van der Waals surface area contributed by atoms with Crippen LogP contribution in [0.3, 0.4) is 0 Å². The van der Waals surface area contributed by atoms with Gasteiger partial charge in [0.1, 0.15) is 18.1 Å². The van der Waals surface area contributed by atoms with Crippen LogP contribution in [0.4, 0.5) is 5.69 Å². The molecule has 0 amide bonds. The van der Waals surface area contributed by atoms with Crippen molar-refractivity contribution < 1.29 is 23.7 Å². The van der Waals surface area contributed by atoms with E-state index in [0.29, 0.717) is 13.2 Å². The van der Waals surface area contributed by atoms with Gasteiger partial charge in [0.05, 0.1) is 19.3 Å². The van der Waals surface area contributed by atoms with Gasteiger partial charge < -0.3 is 28.6 Å². The minimum atomic E-state index is -0.203. The van der Waals surface area contributed by atoms with E-state index in [0.717, 1.165) is 67.8 Å². The number of ether oxygens (including phenoxy) is 5. The molecule has 1 atom stereocenters. The van der Waals surface area contributed by atoms with Gasteiger partial charge in [-0.3, -0.25) is 0 Å². The van der Waals surface area contributed by atoms with E-state index in [1.165, 1.54) is 26.9 Å². The van der Waals surface area contributed by atoms with Gasteiger partial charge >= 0.3 is 0 Å². The summed E-state index contributed by atoms with van der Waals surface area (Å²) in [7, 11) is 5.18. The molecule has 3 aliphatic rings. The third-order valence-electron chi connectivity index (χ3n) is 9.06. The highest BCUT2D eigenvalue weighted by Gasteiger charge is 2.45. The summed E-state index contributed by atoms with van der Waals surface area (Å²) in [5.74, 6) is 2.07. The molecule has 1 aliphatic carbocycles. The zero-order valence-corrected chi connectivity index (χ0v) is 26.3. The monoisotopic (exact) mass is 633 g/mol. The Morgan fingerprint density at radius 3 is 2.43 bits per heavy atom. The Balaban J connectivity index is 1.17. The number of allylic oxidation sites excluding steroid dienone is 1. The smallest absolute Gasteiger partial charge is 0.161 e. The number of nitrogens with zero attached hydrogens (tertiary/aromatic N) is 1. The third-order valence-corrected chi connectivity index (χ3v) is 9.85. The predicted molar refractivity (Wildman–Crippen MR) is 170 cm³/mol. The van der Waals surface area contributed by atoms with E-state index in [9.17, 15) is 0 Å². The summed E-state index contributed by atoms with van der Waals surface area (Å²) < 4.78 is 30.7. The fourth-order valence-corrected chi connectivity index (χ4v) is 7.42. The Morgan fingerprint density at radius 2 is 1.69 bits per heavy atom. The van der Waals surface area contributed by atoms with Gasteiger partial charge in [0.2, 0.25) is 0 Å². The Kier molecular flexibility index (Phi) is 8.91. The molecule has 6 nitrogen and oxygen atoms in total. The molecule has 0 radical (unpaired) electrons. The van der Waals surface area contributed by atoms with Gasteiger partial charge in [-0.1, -0.05) is 52.3 Å². The lowest BCUT2D eigenvalue weighted by Gasteiger charge is -2.40. The van der Waals surface area contributed by atoms with Crippen molar-refractivity contribution in [2.45, 2.75) is 50.6 Å². The second kappa shape index (κ2) is 12.8. The Morgan fingerprint density at radius 1 is 0.929 bits per heavy atom. The lowest BCUT2D eigenvalue weighted by Crippen LogP contribution is -2.44. The molecular formula is C35H40BrNO5. The summed E-state index contributed by atoms with van der Waals surface area (Å²) in [6, 6.07) is 23.4. The molecule has 0 saturated carbocycles. The highest BCUT2D eigenvalue weighted by molar-refractivity contribution is 9.11. The summed E-state index contributed by atoms with van der Waals surface area (Å²) in [6.07, 6.45) is 4.68. The van der Waals surface area contributed by atoms with Crippen molar-refractivity contribution in [1.29, 1.82) is 0 Å². The molecule has 3 aromatic rings. The largest absolute Gasteiger partial charge is 0.496 e. The molecule has 2 fully saturated rings. The number of methoxy groups -OCH3 is 3. The maximum atomic E-state index is 6.37. The molecule has 2 heterocycles. The number of fused-ring (bicyclic) bond motifs is 1. The predicted octanol–water partition coefficient (Wildman–Crippen LogP) is 7.37. The third kappa shape index (κ3) is 5.98. The van der Waals surface area contributed by atoms with Crippen LogP contribution in [0.25, 0.3) is 5.57 Å². The number of anilines is 1. The van der Waals surface area contributed by atoms with Gasteiger partial charge in [-0.25, -0.2) is 0 Å². The molecule has 3 aromatic carbocycles. The van der Waals surface area contributed by atoms with Gasteiger partial charge in [0.15, 0.2) is 6.29 Å². The second-order valence-corrected chi connectivity index (χ2v) is 12.5. The maximum Gasteiger partial charge on any atom is 0.161 e. The van der Waals surface area contributed by atoms with Gasteiger partial charge in [-0.2, -0.15) is 0 Å². The van der Waals surface area contributed by atoms with Crippen molar-refractivity contribution in [3.8, 4) is 11.5 Å². The molecule has 42 heavy (non-hydrogen) atoms. The Hall–Kier alpha value is -2.84. The van der Waals surface area contributed by atoms with Gasteiger partial charge in [0, 0.05) is 60.6 Å². The summed E-state index contributed by atoms with van der Waals surface area (Å²) in [6.45, 7) is 3.15. The van der Waals surface area contributed by atoms with Gasteiger partial charge in [-0.05, 0) is 73.1 Å². The Labute approximate surface area is 257 Å². The average molecular weight is 635 g/mol. The van der Waals surface area contributed by atoms with Crippen LogP contribution in [0.1, 0.15) is 47.9 Å². The lowest BCUT2D eigenvalue weighted by atomic mass is 9.84. The van der Waals surface area contributed by atoms with Gasteiger partial charge in [0.25, 0.3) is 0 Å². The normalized spacial score (nSPS) is 19.8. The quantitative estimate of drug-likeness (QED) is 0.229. The number of rotatable bonds is 9. The fourth-order valence-electron chi connectivity index (χ4n) is 6.80. The molecule has 2 aliphatic heterocycles. The van der Waals surface area contributed by atoms with E-state index in [4.69, 9.17) is 23.7 Å². The molecule has 1 spiro atoms. The van der Waals surface area contributed by atoms with Crippen LogP contribution in [0, 0.1) is 5.92 Å². The molecule has 6 rings (SSSR count). The van der Waals surface area contributed by atoms with E-state index in [1.54, 1.807) is 21.3 Å². The van der Waals surface area contributed by atoms with E-state index in [-0.39, 0.29) is 17.8 Å². The molecule has 7 heteroatoms. The number of hydrogen-bond acceptors (Lipinski definition) is 6. The number of aryl methyl sites for hydroxylation is 1. The average Bonchev–Trinajstić information content (AvgIpc) is 3.44. The molecule has 0 N–H and O–H groups in total. The van der Waals surface area contributed by atoms with Crippen LogP contribution >= 0.6 is 15.9 Å². The number of hydrogen-bond donors (Lipinski definition) is 0. The minimum absolute atomic E-state index is 0.0777. The summed E-state index contributed by atoms with van der Waals surface area (Å²) in [5, 5.41) is 0. The van der Waals surface area contributed by atoms with Crippen molar-refractivity contribution >= 4 is 27.2 Å². The van der Waals surface area contributed by atoms with Crippen molar-refractivity contribution in [2.24, 2.45) is 5.92 Å². The van der Waals surface area contributed by atoms with Crippen LogP contribution in [0.2, 0.25) is 0 Å². The SMILES string of the molecule is COc1cc(N2CCC3(CC2)CC(C(OC)OC)CO3)ccc1C1=C(Br)CCc2cc(OCc3ccccc3)ccc21. The first-order valence-electron chi connectivity index (χ1n) is 14.8. The van der Waals surface area contributed by atoms with Crippen molar-refractivity contribution in [3.63, 3.8) is 0 Å². The molecular weight excluding hydrogens is 594 g/mol. The molecule has 0 aromatic heterocycles. The van der Waals surface area contributed by atoms with E-state index < -0.39 is 0 Å². The molecule has 1 unspecified atom stereocenters. The first-order chi connectivity index (χ1) is 20.5. The van der Waals surface area contributed by atoms with Crippen molar-refractivity contribution in [3.05, 3.63) is 93.5 Å². The highest BCUT2D eigenvalue weighted by Crippen LogP contribution is 2.45. The van der Waals surface area contributed by atoms with Crippen molar-refractivity contribution in [1.82, 2.24) is 0 Å². The minimum Gasteiger partial charge on any atom is -0.496 e. The first kappa shape index (κ1) is 29.2. The van der Waals surface area contributed by atoms with Crippen LogP contribution in [0.15, 0.2) is 71.2 Å². The lowest BCUT2D eigenvalue weighted by molar-refractivity contribution is -0.136. The number of halogens is 1. The Bertz CT molecular complexity index is 1410. The van der Waals surface area contributed by atoms with Gasteiger partial charge in [-0.15, -0.1) is 0 Å². The maximum absolute atomic E-state index is 6.37. The fraction of sp³-hybridized carbons (Fsp3) is 0.429. The topological polar surface area (TPSA) is 49.4 Å². The first-order valence-corrected chi connectivity index (χ1v) is 15.6. The zero-order chi connectivity index (χ0) is 29.1. The van der Waals surface area contributed by atoms with E-state index >= 15 is 0 Å². The second-order valence-electron chi connectivity index (χ2n) is 11.5. The number of piperidine rings is 1. The van der Waals surface area contributed by atoms with E-state index in [1.807, 2.05) is 18.2 Å². The number of benzene rings is 3. The standard InChI is InChI=1S/C35H40BrNO5/c1-38-32-20-27(37-17-15-35(16-18-37)21-26(23-42-35)34(39-2)40-3)10-12-30(32)33-29-13-11-28(19-25(29)9-14-31(33)36)41-22-24-7-5-4-6-8-24/h4-8,10-13,19-20,26,34H,9,14-18,21-23H2,1-3H3. The van der Waals surface area contributed by atoms with Crippen LogP contribution in [0.5, 0.6) is 11.5 Å². The molecule has 0 bridgehead atoms. The summed E-state index contributed by atoms with van der Waals surface area (Å²) in [4.78, 5) is 2.45. The zero-order valence-electron chi connectivity index (χ0n) is 24.7. The van der Waals surface area contributed by atoms with E-state index in [2.05, 4.69) is 69.4 Å². The highest BCUT2D eigenvalue weighted by atomic mass is 79.9. The summed E-state index contributed by atoms with van der Waals surface area (Å²) in [5.41, 5.74) is 7.10. The molecule has 222 valence electrons. The molecule has 2 saturated heterocycles. The van der Waals surface area contributed by atoms with Crippen LogP contribution in [-0.2, 0) is 27.2 Å². The van der Waals surface area contributed by atoms with Crippen molar-refractivity contribution in [2.75, 3.05) is 45.9 Å². The van der Waals surface area contributed by atoms with Crippen LogP contribution in [-0.4, -0.2) is 52.9 Å². The van der Waals surface area contributed by atoms with Crippen LogP contribution < -0.4 is 14.4 Å². The summed E-state index contributed by atoms with van der Waals surface area (Å²) >= 11 is 3.91.